The van der Waals surface area contributed by atoms with Crippen LogP contribution in [0.4, 0.5) is 4.39 Å². The highest BCUT2D eigenvalue weighted by Gasteiger charge is 2.24. The van der Waals surface area contributed by atoms with E-state index in [4.69, 9.17) is 0 Å². The minimum Gasteiger partial charge on any atom is -0.393 e. The highest BCUT2D eigenvalue weighted by molar-refractivity contribution is 9.10. The molecule has 2 nitrogen and oxygen atoms in total. The van der Waals surface area contributed by atoms with Crippen LogP contribution in [0.15, 0.2) is 22.7 Å². The van der Waals surface area contributed by atoms with Crippen LogP contribution in [0.25, 0.3) is 0 Å². The molecule has 1 aliphatic heterocycles. The molecule has 17 heavy (non-hydrogen) atoms. The van der Waals surface area contributed by atoms with Gasteiger partial charge in [0.25, 0.3) is 0 Å². The molecule has 2 atom stereocenters. The van der Waals surface area contributed by atoms with Gasteiger partial charge >= 0.3 is 0 Å². The predicted molar refractivity (Wildman–Crippen MR) is 69.2 cm³/mol. The number of hydrogen-bond donors (Lipinski definition) is 1. The first-order valence-electron chi connectivity index (χ1n) is 5.90. The molecule has 1 aromatic rings. The van der Waals surface area contributed by atoms with Crippen molar-refractivity contribution in [3.8, 4) is 0 Å². The highest BCUT2D eigenvalue weighted by atomic mass is 79.9. The molecule has 1 heterocycles. The van der Waals surface area contributed by atoms with Crippen LogP contribution in [0.3, 0.4) is 0 Å². The Morgan fingerprint density at radius 2 is 2.29 bits per heavy atom. The summed E-state index contributed by atoms with van der Waals surface area (Å²) in [6.45, 7) is 4.52. The van der Waals surface area contributed by atoms with Crippen LogP contribution in [0.5, 0.6) is 0 Å². The van der Waals surface area contributed by atoms with E-state index in [1.54, 1.807) is 12.1 Å². The number of aliphatic hydroxyl groups excluding tert-OH is 1. The van der Waals surface area contributed by atoms with E-state index in [2.05, 4.69) is 27.8 Å². The van der Waals surface area contributed by atoms with Crippen LogP contribution < -0.4 is 0 Å². The Morgan fingerprint density at radius 3 is 3.00 bits per heavy atom. The van der Waals surface area contributed by atoms with Gasteiger partial charge in [0, 0.05) is 24.1 Å². The summed E-state index contributed by atoms with van der Waals surface area (Å²) in [6.07, 6.45) is 0.607. The number of aliphatic hydroxyl groups is 1. The fourth-order valence-electron chi connectivity index (χ4n) is 2.27. The van der Waals surface area contributed by atoms with E-state index in [0.29, 0.717) is 0 Å². The average Bonchev–Trinajstić information content (AvgIpc) is 2.29. The lowest BCUT2D eigenvalue weighted by Crippen LogP contribution is -2.41. The smallest absolute Gasteiger partial charge is 0.123 e. The third kappa shape index (κ3) is 3.27. The largest absolute Gasteiger partial charge is 0.393 e. The third-order valence-corrected chi connectivity index (χ3v) is 4.12. The second-order valence-electron chi connectivity index (χ2n) is 4.80. The van der Waals surface area contributed by atoms with Crippen LogP contribution in [0.2, 0.25) is 0 Å². The molecule has 0 radical (unpaired) electrons. The third-order valence-electron chi connectivity index (χ3n) is 3.35. The van der Waals surface area contributed by atoms with Gasteiger partial charge in [0.2, 0.25) is 0 Å². The summed E-state index contributed by atoms with van der Waals surface area (Å²) in [4.78, 5) is 2.26. The minimum absolute atomic E-state index is 0.192. The van der Waals surface area contributed by atoms with Crippen LogP contribution in [0, 0.1) is 11.7 Å². The second-order valence-corrected chi connectivity index (χ2v) is 5.66. The van der Waals surface area contributed by atoms with Gasteiger partial charge in [-0.3, -0.25) is 4.90 Å². The van der Waals surface area contributed by atoms with E-state index in [1.807, 2.05) is 0 Å². The summed E-state index contributed by atoms with van der Waals surface area (Å²) in [5.41, 5.74) is 0.966. The van der Waals surface area contributed by atoms with Gasteiger partial charge in [-0.15, -0.1) is 0 Å². The molecule has 1 aromatic carbocycles. The Labute approximate surface area is 110 Å². The fraction of sp³-hybridized carbons (Fsp3) is 0.538. The van der Waals surface area contributed by atoms with Crippen molar-refractivity contribution in [2.45, 2.75) is 26.0 Å². The van der Waals surface area contributed by atoms with Gasteiger partial charge in [0.15, 0.2) is 0 Å². The predicted octanol–water partition coefficient (Wildman–Crippen LogP) is 2.79. The molecule has 1 N–H and O–H groups in total. The number of halogens is 2. The zero-order chi connectivity index (χ0) is 12.4. The maximum atomic E-state index is 13.2. The monoisotopic (exact) mass is 301 g/mol. The van der Waals surface area contributed by atoms with Gasteiger partial charge in [0.1, 0.15) is 5.82 Å². The standard InChI is InChI=1S/C13H17BrFNO/c1-9-7-16(5-4-13(9)17)8-10-6-11(15)2-3-12(10)14/h2-3,6,9,13,17H,4-5,7-8H2,1H3. The van der Waals surface area contributed by atoms with Gasteiger partial charge in [-0.1, -0.05) is 22.9 Å². The molecule has 0 aliphatic carbocycles. The van der Waals surface area contributed by atoms with Crippen molar-refractivity contribution in [3.05, 3.63) is 34.1 Å². The molecule has 94 valence electrons. The first kappa shape index (κ1) is 13.0. The lowest BCUT2D eigenvalue weighted by molar-refractivity contribution is 0.0319. The van der Waals surface area contributed by atoms with E-state index >= 15 is 0 Å². The molecule has 0 amide bonds. The number of benzene rings is 1. The molecule has 0 spiro atoms. The summed E-state index contributed by atoms with van der Waals surface area (Å²) in [5.74, 6) is 0.0874. The van der Waals surface area contributed by atoms with E-state index in [1.165, 1.54) is 6.07 Å². The van der Waals surface area contributed by atoms with E-state index in [0.717, 1.165) is 36.1 Å². The van der Waals surface area contributed by atoms with E-state index < -0.39 is 0 Å². The van der Waals surface area contributed by atoms with Crippen LogP contribution in [-0.4, -0.2) is 29.2 Å². The Balaban J connectivity index is 2.03. The van der Waals surface area contributed by atoms with Crippen molar-refractivity contribution in [1.29, 1.82) is 0 Å². The number of piperidine rings is 1. The van der Waals surface area contributed by atoms with Gasteiger partial charge in [-0.2, -0.15) is 0 Å². The SMILES string of the molecule is CC1CN(Cc2cc(F)ccc2Br)CCC1O. The molecule has 0 saturated carbocycles. The van der Waals surface area contributed by atoms with Crippen LogP contribution in [0.1, 0.15) is 18.9 Å². The van der Waals surface area contributed by atoms with E-state index in [-0.39, 0.29) is 17.8 Å². The van der Waals surface area contributed by atoms with Crippen molar-refractivity contribution >= 4 is 15.9 Å². The Kier molecular flexibility index (Phi) is 4.17. The summed E-state index contributed by atoms with van der Waals surface area (Å²) >= 11 is 3.44. The first-order valence-corrected chi connectivity index (χ1v) is 6.70. The average molecular weight is 302 g/mol. The summed E-state index contributed by atoms with van der Waals surface area (Å²) in [7, 11) is 0. The quantitative estimate of drug-likeness (QED) is 0.908. The molecule has 0 aromatic heterocycles. The minimum atomic E-state index is -0.201. The highest BCUT2D eigenvalue weighted by Crippen LogP contribution is 2.23. The molecule has 2 unspecified atom stereocenters. The van der Waals surface area contributed by atoms with Gasteiger partial charge in [-0.05, 0) is 36.1 Å². The molecule has 4 heteroatoms. The van der Waals surface area contributed by atoms with Crippen LogP contribution >= 0.6 is 15.9 Å². The summed E-state index contributed by atoms with van der Waals surface area (Å²) in [5, 5.41) is 9.66. The molecule has 1 saturated heterocycles. The Morgan fingerprint density at radius 1 is 1.53 bits per heavy atom. The van der Waals surface area contributed by atoms with Crippen molar-refractivity contribution in [2.24, 2.45) is 5.92 Å². The van der Waals surface area contributed by atoms with Crippen LogP contribution in [-0.2, 0) is 6.54 Å². The lowest BCUT2D eigenvalue weighted by Gasteiger charge is -2.34. The van der Waals surface area contributed by atoms with Gasteiger partial charge in [-0.25, -0.2) is 4.39 Å². The molecule has 1 aliphatic rings. The molecular formula is C13H17BrFNO. The number of likely N-dealkylation sites (tertiary alicyclic amines) is 1. The Hall–Kier alpha value is -0.450. The zero-order valence-electron chi connectivity index (χ0n) is 9.87. The Bertz CT molecular complexity index is 399. The maximum absolute atomic E-state index is 13.2. The second kappa shape index (κ2) is 5.46. The summed E-state index contributed by atoms with van der Waals surface area (Å²) < 4.78 is 14.1. The lowest BCUT2D eigenvalue weighted by atomic mass is 9.96. The zero-order valence-corrected chi connectivity index (χ0v) is 11.5. The number of nitrogens with zero attached hydrogens (tertiary/aromatic N) is 1. The topological polar surface area (TPSA) is 23.5 Å². The van der Waals surface area contributed by atoms with Crippen molar-refractivity contribution < 1.29 is 9.50 Å². The molecule has 1 fully saturated rings. The van der Waals surface area contributed by atoms with Crippen molar-refractivity contribution in [3.63, 3.8) is 0 Å². The maximum Gasteiger partial charge on any atom is 0.123 e. The molecule has 0 bridgehead atoms. The van der Waals surface area contributed by atoms with E-state index in [9.17, 15) is 9.50 Å². The molecular weight excluding hydrogens is 285 g/mol. The van der Waals surface area contributed by atoms with Gasteiger partial charge < -0.3 is 5.11 Å². The number of rotatable bonds is 2. The molecule has 2 rings (SSSR count). The van der Waals surface area contributed by atoms with Crippen molar-refractivity contribution in [1.82, 2.24) is 4.90 Å². The van der Waals surface area contributed by atoms with Crippen molar-refractivity contribution in [2.75, 3.05) is 13.1 Å². The van der Waals surface area contributed by atoms with Gasteiger partial charge in [0.05, 0.1) is 6.10 Å². The number of hydrogen-bond acceptors (Lipinski definition) is 2. The normalized spacial score (nSPS) is 26.1. The first-order chi connectivity index (χ1) is 8.06. The fourth-order valence-corrected chi connectivity index (χ4v) is 2.64. The summed E-state index contributed by atoms with van der Waals surface area (Å²) in [6, 6.07) is 4.77.